The van der Waals surface area contributed by atoms with Gasteiger partial charge in [0.1, 0.15) is 12.4 Å². The van der Waals surface area contributed by atoms with Crippen LogP contribution in [0.2, 0.25) is 0 Å². The molecule has 0 spiro atoms. The molecule has 0 saturated heterocycles. The lowest BCUT2D eigenvalue weighted by atomic mass is 10.1. The zero-order chi connectivity index (χ0) is 24.7. The SMILES string of the molecule is CN(C)S(=O)(=O)N(CC(=O)Nc1ccccc1C(=O)NCc1ccccc1)c1ccc(F)cc1. The van der Waals surface area contributed by atoms with E-state index < -0.39 is 34.4 Å². The first kappa shape index (κ1) is 24.9. The molecule has 0 aliphatic carbocycles. The molecule has 0 unspecified atom stereocenters. The van der Waals surface area contributed by atoms with Crippen LogP contribution < -0.4 is 14.9 Å². The fourth-order valence-electron chi connectivity index (χ4n) is 3.09. The van der Waals surface area contributed by atoms with E-state index in [4.69, 9.17) is 0 Å². The Bertz CT molecular complexity index is 1250. The number of nitrogens with zero attached hydrogens (tertiary/aromatic N) is 2. The van der Waals surface area contributed by atoms with Crippen LogP contribution in [0, 0.1) is 5.82 Å². The molecule has 2 amide bonds. The predicted octanol–water partition coefficient (Wildman–Crippen LogP) is 3.01. The summed E-state index contributed by atoms with van der Waals surface area (Å²) < 4.78 is 40.8. The lowest BCUT2D eigenvalue weighted by Crippen LogP contribution is -2.44. The van der Waals surface area contributed by atoms with Crippen LogP contribution in [0.1, 0.15) is 15.9 Å². The van der Waals surface area contributed by atoms with E-state index in [1.807, 2.05) is 30.3 Å². The maximum Gasteiger partial charge on any atom is 0.304 e. The Balaban J connectivity index is 1.77. The number of hydrogen-bond donors (Lipinski definition) is 2. The lowest BCUT2D eigenvalue weighted by molar-refractivity contribution is -0.114. The summed E-state index contributed by atoms with van der Waals surface area (Å²) in [5.74, 6) is -1.60. The first-order valence-corrected chi connectivity index (χ1v) is 11.7. The molecule has 0 radical (unpaired) electrons. The molecule has 2 N–H and O–H groups in total. The quantitative estimate of drug-likeness (QED) is 0.488. The standard InChI is InChI=1S/C24H25FN4O4S/c1-28(2)34(32,33)29(20-14-12-19(25)13-15-20)17-23(30)27-22-11-7-6-10-21(22)24(31)26-16-18-8-4-3-5-9-18/h3-15H,16-17H2,1-2H3,(H,26,31)(H,27,30). The molecule has 0 aliphatic rings. The topological polar surface area (TPSA) is 98.8 Å². The van der Waals surface area contributed by atoms with Gasteiger partial charge in [0.25, 0.3) is 5.91 Å². The Morgan fingerprint density at radius 2 is 1.50 bits per heavy atom. The first-order chi connectivity index (χ1) is 16.2. The van der Waals surface area contributed by atoms with Crippen molar-refractivity contribution in [1.82, 2.24) is 9.62 Å². The van der Waals surface area contributed by atoms with Gasteiger partial charge < -0.3 is 10.6 Å². The van der Waals surface area contributed by atoms with Crippen molar-refractivity contribution in [3.05, 3.63) is 95.8 Å². The summed E-state index contributed by atoms with van der Waals surface area (Å²) in [6.45, 7) is -0.270. The lowest BCUT2D eigenvalue weighted by Gasteiger charge is -2.27. The molecule has 3 rings (SSSR count). The van der Waals surface area contributed by atoms with Crippen molar-refractivity contribution in [1.29, 1.82) is 0 Å². The number of carbonyl (C=O) groups is 2. The van der Waals surface area contributed by atoms with Crippen LogP contribution in [0.4, 0.5) is 15.8 Å². The van der Waals surface area contributed by atoms with Crippen molar-refractivity contribution in [3.63, 3.8) is 0 Å². The summed E-state index contributed by atoms with van der Waals surface area (Å²) in [6.07, 6.45) is 0. The van der Waals surface area contributed by atoms with Crippen LogP contribution in [-0.4, -0.2) is 45.2 Å². The number of carbonyl (C=O) groups excluding carboxylic acids is 2. The molecule has 0 heterocycles. The Labute approximate surface area is 198 Å². The second-order valence-electron chi connectivity index (χ2n) is 7.54. The van der Waals surface area contributed by atoms with Crippen molar-refractivity contribution in [2.45, 2.75) is 6.54 Å². The molecule has 0 aliphatic heterocycles. The van der Waals surface area contributed by atoms with Gasteiger partial charge in [-0.2, -0.15) is 12.7 Å². The van der Waals surface area contributed by atoms with Gasteiger partial charge in [-0.25, -0.2) is 8.70 Å². The highest BCUT2D eigenvalue weighted by molar-refractivity contribution is 7.90. The minimum Gasteiger partial charge on any atom is -0.348 e. The molecular formula is C24H25FN4O4S. The van der Waals surface area contributed by atoms with E-state index in [0.29, 0.717) is 6.54 Å². The van der Waals surface area contributed by atoms with Gasteiger partial charge in [0.05, 0.1) is 16.9 Å². The third-order valence-electron chi connectivity index (χ3n) is 4.88. The van der Waals surface area contributed by atoms with Crippen LogP contribution in [0.3, 0.4) is 0 Å². The van der Waals surface area contributed by atoms with Crippen LogP contribution in [0.25, 0.3) is 0 Å². The summed E-state index contributed by atoms with van der Waals surface area (Å²) in [7, 11) is -1.39. The van der Waals surface area contributed by atoms with Crippen molar-refractivity contribution in [3.8, 4) is 0 Å². The van der Waals surface area contributed by atoms with Gasteiger partial charge >= 0.3 is 10.2 Å². The summed E-state index contributed by atoms with van der Waals surface area (Å²) in [5, 5.41) is 5.42. The average Bonchev–Trinajstić information content (AvgIpc) is 2.82. The van der Waals surface area contributed by atoms with Crippen molar-refractivity contribution in [2.75, 3.05) is 30.3 Å². The second-order valence-corrected chi connectivity index (χ2v) is 9.60. The third kappa shape index (κ3) is 6.18. The van der Waals surface area contributed by atoms with Crippen molar-refractivity contribution < 1.29 is 22.4 Å². The van der Waals surface area contributed by atoms with Gasteiger partial charge in [0.2, 0.25) is 5.91 Å². The maximum atomic E-state index is 13.4. The number of amides is 2. The highest BCUT2D eigenvalue weighted by Crippen LogP contribution is 2.21. The van der Waals surface area contributed by atoms with Crippen LogP contribution in [0.5, 0.6) is 0 Å². The number of benzene rings is 3. The predicted molar refractivity (Wildman–Crippen MR) is 129 cm³/mol. The zero-order valence-electron chi connectivity index (χ0n) is 18.7. The molecular weight excluding hydrogens is 459 g/mol. The number of hydrogen-bond acceptors (Lipinski definition) is 4. The molecule has 3 aromatic carbocycles. The Morgan fingerprint density at radius 3 is 2.15 bits per heavy atom. The second kappa shape index (κ2) is 10.9. The highest BCUT2D eigenvalue weighted by Gasteiger charge is 2.27. The first-order valence-electron chi connectivity index (χ1n) is 10.4. The van der Waals surface area contributed by atoms with Gasteiger partial charge in [-0.05, 0) is 42.0 Å². The number of nitrogens with one attached hydrogen (secondary N) is 2. The zero-order valence-corrected chi connectivity index (χ0v) is 19.5. The number of para-hydroxylation sites is 1. The fourth-order valence-corrected chi connectivity index (χ4v) is 4.16. The monoisotopic (exact) mass is 484 g/mol. The molecule has 10 heteroatoms. The maximum absolute atomic E-state index is 13.4. The third-order valence-corrected chi connectivity index (χ3v) is 6.70. The Morgan fingerprint density at radius 1 is 0.882 bits per heavy atom. The average molecular weight is 485 g/mol. The molecule has 8 nitrogen and oxygen atoms in total. The van der Waals surface area contributed by atoms with Gasteiger partial charge in [-0.1, -0.05) is 42.5 Å². The largest absolute Gasteiger partial charge is 0.348 e. The summed E-state index contributed by atoms with van der Waals surface area (Å²) in [4.78, 5) is 25.6. The van der Waals surface area contributed by atoms with Crippen LogP contribution >= 0.6 is 0 Å². The van der Waals surface area contributed by atoms with E-state index in [0.717, 1.165) is 26.3 Å². The molecule has 0 bridgehead atoms. The Kier molecular flexibility index (Phi) is 7.98. The summed E-state index contributed by atoms with van der Waals surface area (Å²) in [6, 6.07) is 20.6. The van der Waals surface area contributed by atoms with Crippen LogP contribution in [-0.2, 0) is 21.5 Å². The molecule has 0 aromatic heterocycles. The summed E-state index contributed by atoms with van der Waals surface area (Å²) in [5.41, 5.74) is 1.51. The van der Waals surface area contributed by atoms with E-state index in [1.54, 1.807) is 24.3 Å². The minimum atomic E-state index is -4.05. The van der Waals surface area contributed by atoms with E-state index >= 15 is 0 Å². The van der Waals surface area contributed by atoms with Crippen molar-refractivity contribution in [2.24, 2.45) is 0 Å². The number of halogens is 1. The fraction of sp³-hybridized carbons (Fsp3) is 0.167. The van der Waals surface area contributed by atoms with Gasteiger partial charge in [-0.3, -0.25) is 9.59 Å². The van der Waals surface area contributed by atoms with Crippen molar-refractivity contribution >= 4 is 33.4 Å². The number of anilines is 2. The smallest absolute Gasteiger partial charge is 0.304 e. The van der Waals surface area contributed by atoms with E-state index in [1.165, 1.54) is 26.2 Å². The van der Waals surface area contributed by atoms with Crippen LogP contribution in [0.15, 0.2) is 78.9 Å². The molecule has 34 heavy (non-hydrogen) atoms. The van der Waals surface area contributed by atoms with Gasteiger partial charge in [0.15, 0.2) is 0 Å². The molecule has 3 aromatic rings. The molecule has 0 saturated carbocycles. The van der Waals surface area contributed by atoms with E-state index in [-0.39, 0.29) is 16.9 Å². The molecule has 0 atom stereocenters. The normalized spacial score (nSPS) is 11.2. The van der Waals surface area contributed by atoms with E-state index in [2.05, 4.69) is 10.6 Å². The van der Waals surface area contributed by atoms with Gasteiger partial charge in [-0.15, -0.1) is 0 Å². The molecule has 0 fully saturated rings. The summed E-state index contributed by atoms with van der Waals surface area (Å²) >= 11 is 0. The molecule has 178 valence electrons. The Hall–Kier alpha value is -3.76. The minimum absolute atomic E-state index is 0.124. The highest BCUT2D eigenvalue weighted by atomic mass is 32.2. The van der Waals surface area contributed by atoms with Gasteiger partial charge in [0, 0.05) is 20.6 Å². The van der Waals surface area contributed by atoms with E-state index in [9.17, 15) is 22.4 Å². The number of rotatable bonds is 9.